The molecule has 0 aliphatic rings. The minimum atomic E-state index is -1.54. The first-order valence-corrected chi connectivity index (χ1v) is 4.70. The van der Waals surface area contributed by atoms with E-state index in [4.69, 9.17) is 10.2 Å². The Kier molecular flexibility index (Phi) is 8.26. The van der Waals surface area contributed by atoms with E-state index in [2.05, 4.69) is 47.4 Å². The van der Waals surface area contributed by atoms with E-state index >= 15 is 0 Å². The van der Waals surface area contributed by atoms with Crippen LogP contribution in [0.5, 0.6) is 0 Å². The van der Waals surface area contributed by atoms with Crippen molar-refractivity contribution in [2.24, 2.45) is 0 Å². The summed E-state index contributed by atoms with van der Waals surface area (Å²) in [5.41, 5.74) is 0. The zero-order valence-electron chi connectivity index (χ0n) is 9.23. The van der Waals surface area contributed by atoms with Gasteiger partial charge in [0.2, 0.25) is 0 Å². The molecule has 0 saturated heterocycles. The monoisotopic (exact) mass is 232 g/mol. The van der Waals surface area contributed by atoms with Crippen molar-refractivity contribution in [2.45, 2.75) is 25.2 Å². The molecule has 0 fully saturated rings. The predicted octanol–water partition coefficient (Wildman–Crippen LogP) is -1.91. The molecule has 4 heteroatoms. The van der Waals surface area contributed by atoms with E-state index < -0.39 is 24.9 Å². The van der Waals surface area contributed by atoms with Gasteiger partial charge in [-0.2, -0.15) is 0 Å². The quantitative estimate of drug-likeness (QED) is 0.428. The Morgan fingerprint density at radius 3 is 1.94 bits per heavy atom. The highest BCUT2D eigenvalue weighted by Crippen LogP contribution is 1.98. The average Bonchev–Trinajstić information content (AvgIpc) is 2.35. The lowest BCUT2D eigenvalue weighted by atomic mass is 10.1. The normalized spacial score (nSPS) is 13.0. The van der Waals surface area contributed by atoms with Crippen molar-refractivity contribution < 1.29 is 20.4 Å². The van der Waals surface area contributed by atoms with Gasteiger partial charge >= 0.3 is 0 Å². The van der Waals surface area contributed by atoms with E-state index in [1.807, 2.05) is 0 Å². The van der Waals surface area contributed by atoms with Crippen molar-refractivity contribution in [2.75, 3.05) is 6.61 Å². The molecule has 0 aromatic rings. The van der Waals surface area contributed by atoms with Crippen LogP contribution in [0.1, 0.15) is 6.92 Å². The lowest BCUT2D eigenvalue weighted by Crippen LogP contribution is -2.38. The summed E-state index contributed by atoms with van der Waals surface area (Å²) in [6, 6.07) is 0. The van der Waals surface area contributed by atoms with E-state index in [1.165, 1.54) is 0 Å². The summed E-state index contributed by atoms with van der Waals surface area (Å²) in [5, 5.41) is 36.0. The molecule has 0 saturated carbocycles. The molecule has 17 heavy (non-hydrogen) atoms. The molecular formula is C13H12O4. The molecule has 0 heterocycles. The van der Waals surface area contributed by atoms with Crippen LogP contribution in [0, 0.1) is 47.4 Å². The van der Waals surface area contributed by atoms with Crippen LogP contribution in [0.2, 0.25) is 0 Å². The molecule has 0 radical (unpaired) electrons. The summed E-state index contributed by atoms with van der Waals surface area (Å²) in [7, 11) is 0. The van der Waals surface area contributed by atoms with Crippen molar-refractivity contribution in [1.29, 1.82) is 0 Å². The Morgan fingerprint density at radius 2 is 1.41 bits per heavy atom. The highest BCUT2D eigenvalue weighted by Gasteiger charge is 2.21. The molecule has 4 nitrogen and oxygen atoms in total. The third kappa shape index (κ3) is 7.04. The number of rotatable bonds is 3. The second kappa shape index (κ2) is 9.32. The molecule has 3 atom stereocenters. The summed E-state index contributed by atoms with van der Waals surface area (Å²) in [5.74, 6) is 19.0. The molecule has 0 aliphatic carbocycles. The van der Waals surface area contributed by atoms with Crippen molar-refractivity contribution >= 4 is 0 Å². The zero-order valence-corrected chi connectivity index (χ0v) is 9.23. The lowest BCUT2D eigenvalue weighted by molar-refractivity contribution is -0.0583. The van der Waals surface area contributed by atoms with E-state index in [0.717, 1.165) is 0 Å². The second-order valence-electron chi connectivity index (χ2n) is 2.83. The van der Waals surface area contributed by atoms with E-state index in [9.17, 15) is 10.2 Å². The predicted molar refractivity (Wildman–Crippen MR) is 61.9 cm³/mol. The molecule has 0 spiro atoms. The van der Waals surface area contributed by atoms with Gasteiger partial charge in [0.05, 0.1) is 6.61 Å². The Bertz CT molecular complexity index is 464. The largest absolute Gasteiger partial charge is 0.394 e. The van der Waals surface area contributed by atoms with Crippen LogP contribution in [-0.4, -0.2) is 45.3 Å². The molecule has 0 amide bonds. The van der Waals surface area contributed by atoms with Crippen LogP contribution in [-0.2, 0) is 0 Å². The summed E-state index contributed by atoms with van der Waals surface area (Å²) in [6.45, 7) is 0.985. The summed E-state index contributed by atoms with van der Waals surface area (Å²) in [4.78, 5) is 0. The molecular weight excluding hydrogens is 220 g/mol. The first kappa shape index (κ1) is 15.1. The van der Waals surface area contributed by atoms with Gasteiger partial charge in [-0.05, 0) is 42.4 Å². The van der Waals surface area contributed by atoms with Crippen LogP contribution < -0.4 is 0 Å². The third-order valence-corrected chi connectivity index (χ3v) is 1.56. The Balaban J connectivity index is 4.35. The fourth-order valence-corrected chi connectivity index (χ4v) is 0.701. The average molecular weight is 232 g/mol. The van der Waals surface area contributed by atoms with Gasteiger partial charge in [-0.25, -0.2) is 0 Å². The fraction of sp³-hybridized carbons (Fsp3) is 0.385. The van der Waals surface area contributed by atoms with E-state index in [-0.39, 0.29) is 0 Å². The minimum Gasteiger partial charge on any atom is -0.394 e. The first-order valence-electron chi connectivity index (χ1n) is 4.70. The second-order valence-corrected chi connectivity index (χ2v) is 2.83. The molecule has 0 aromatic heterocycles. The Hall–Kier alpha value is -1.92. The third-order valence-electron chi connectivity index (χ3n) is 1.56. The maximum Gasteiger partial charge on any atom is 0.144 e. The van der Waals surface area contributed by atoms with Gasteiger partial charge in [0.1, 0.15) is 18.3 Å². The summed E-state index contributed by atoms with van der Waals surface area (Å²) < 4.78 is 0. The summed E-state index contributed by atoms with van der Waals surface area (Å²) in [6.07, 6.45) is -4.45. The van der Waals surface area contributed by atoms with Gasteiger partial charge in [-0.15, -0.1) is 0 Å². The minimum absolute atomic E-state index is 0.660. The lowest BCUT2D eigenvalue weighted by Gasteiger charge is -2.16. The van der Waals surface area contributed by atoms with Gasteiger partial charge in [-0.3, -0.25) is 0 Å². The SMILES string of the molecule is CC#CC#CC#CC#CC(O)C(O)C(O)CO. The van der Waals surface area contributed by atoms with E-state index in [1.54, 1.807) is 6.92 Å². The van der Waals surface area contributed by atoms with Gasteiger partial charge in [0.25, 0.3) is 0 Å². The zero-order chi connectivity index (χ0) is 13.1. The van der Waals surface area contributed by atoms with Gasteiger partial charge in [-0.1, -0.05) is 11.8 Å². The van der Waals surface area contributed by atoms with Crippen LogP contribution in [0.25, 0.3) is 0 Å². The fourth-order valence-electron chi connectivity index (χ4n) is 0.701. The van der Waals surface area contributed by atoms with Crippen LogP contribution in [0.4, 0.5) is 0 Å². The van der Waals surface area contributed by atoms with Crippen molar-refractivity contribution in [3.05, 3.63) is 0 Å². The number of aliphatic hydroxyl groups is 4. The van der Waals surface area contributed by atoms with Crippen molar-refractivity contribution in [3.63, 3.8) is 0 Å². The number of aliphatic hydroxyl groups excluding tert-OH is 4. The highest BCUT2D eigenvalue weighted by atomic mass is 16.4. The van der Waals surface area contributed by atoms with Crippen LogP contribution >= 0.6 is 0 Å². The molecule has 0 aromatic carbocycles. The van der Waals surface area contributed by atoms with Crippen LogP contribution in [0.15, 0.2) is 0 Å². The van der Waals surface area contributed by atoms with Gasteiger partial charge < -0.3 is 20.4 Å². The van der Waals surface area contributed by atoms with E-state index in [0.29, 0.717) is 0 Å². The maximum absolute atomic E-state index is 9.24. The van der Waals surface area contributed by atoms with Gasteiger partial charge in [0, 0.05) is 0 Å². The Morgan fingerprint density at radius 1 is 0.882 bits per heavy atom. The standard InChI is InChI=1S/C13H12O4/c1-2-3-4-5-6-7-8-9-11(15)13(17)12(16)10-14/h11-17H,10H2,1H3. The molecule has 0 aliphatic heterocycles. The highest BCUT2D eigenvalue weighted by molar-refractivity contribution is 5.40. The number of hydrogen-bond acceptors (Lipinski definition) is 4. The van der Waals surface area contributed by atoms with Gasteiger partial charge in [0.15, 0.2) is 0 Å². The topological polar surface area (TPSA) is 80.9 Å². The van der Waals surface area contributed by atoms with Crippen LogP contribution in [0.3, 0.4) is 0 Å². The molecule has 4 N–H and O–H groups in total. The number of hydrogen-bond donors (Lipinski definition) is 4. The van der Waals surface area contributed by atoms with Crippen molar-refractivity contribution in [3.8, 4) is 47.4 Å². The van der Waals surface area contributed by atoms with Crippen molar-refractivity contribution in [1.82, 2.24) is 0 Å². The molecule has 0 bridgehead atoms. The molecule has 88 valence electrons. The smallest absolute Gasteiger partial charge is 0.144 e. The maximum atomic E-state index is 9.24. The Labute approximate surface area is 100 Å². The summed E-state index contributed by atoms with van der Waals surface area (Å²) >= 11 is 0. The molecule has 3 unspecified atom stereocenters. The first-order chi connectivity index (χ1) is 8.13. The molecule has 0 rings (SSSR count).